The largest absolute Gasteiger partial charge is 0.366 e. The summed E-state index contributed by atoms with van der Waals surface area (Å²) in [7, 11) is 0. The van der Waals surface area contributed by atoms with Gasteiger partial charge in [-0.3, -0.25) is 9.78 Å². The van der Waals surface area contributed by atoms with E-state index in [-0.39, 0.29) is 5.52 Å². The maximum Gasteiger partial charge on any atom is 0.250 e. The molecule has 2 heterocycles. The lowest BCUT2D eigenvalue weighted by molar-refractivity contribution is 0.100. The van der Waals surface area contributed by atoms with Gasteiger partial charge in [0, 0.05) is 23.3 Å². The highest BCUT2D eigenvalue weighted by atomic mass is 19.1. The molecule has 0 radical (unpaired) electrons. The summed E-state index contributed by atoms with van der Waals surface area (Å²) in [6, 6.07) is 15.0. The van der Waals surface area contributed by atoms with Crippen molar-refractivity contribution in [3.8, 4) is 11.4 Å². The standard InChI is InChI=1S/C20H14FN5O/c21-15-8-3-7-14-17(15)25-19(12-5-4-10-23-11-12)26-20(14)24-16-9-2-1-6-13(16)18(22)27/h1-11H,(H2,22,27)(H,24,25,26). The first-order chi connectivity index (χ1) is 13.1. The fourth-order valence-corrected chi connectivity index (χ4v) is 2.77. The molecule has 6 nitrogen and oxygen atoms in total. The highest BCUT2D eigenvalue weighted by molar-refractivity contribution is 6.01. The fraction of sp³-hybridized carbons (Fsp3) is 0. The van der Waals surface area contributed by atoms with E-state index in [9.17, 15) is 9.18 Å². The number of para-hydroxylation sites is 2. The van der Waals surface area contributed by atoms with Gasteiger partial charge in [0.25, 0.3) is 5.91 Å². The number of nitrogens with two attached hydrogens (primary N) is 1. The van der Waals surface area contributed by atoms with Gasteiger partial charge in [0.05, 0.1) is 11.3 Å². The minimum Gasteiger partial charge on any atom is -0.366 e. The number of benzene rings is 2. The average molecular weight is 359 g/mol. The summed E-state index contributed by atoms with van der Waals surface area (Å²) in [5.41, 5.74) is 7.05. The molecule has 3 N–H and O–H groups in total. The van der Waals surface area contributed by atoms with E-state index in [0.29, 0.717) is 33.8 Å². The summed E-state index contributed by atoms with van der Waals surface area (Å²) in [4.78, 5) is 24.6. The predicted molar refractivity (Wildman–Crippen MR) is 101 cm³/mol. The third kappa shape index (κ3) is 3.18. The molecule has 4 rings (SSSR count). The number of hydrogen-bond acceptors (Lipinski definition) is 5. The SMILES string of the molecule is NC(=O)c1ccccc1Nc1nc(-c2cccnc2)nc2c(F)cccc12. The molecule has 0 fully saturated rings. The second kappa shape index (κ2) is 6.80. The molecule has 0 atom stereocenters. The molecule has 1 amide bonds. The number of primary amides is 1. The summed E-state index contributed by atoms with van der Waals surface area (Å²) < 4.78 is 14.4. The van der Waals surface area contributed by atoms with Gasteiger partial charge in [0.15, 0.2) is 5.82 Å². The number of rotatable bonds is 4. The lowest BCUT2D eigenvalue weighted by Crippen LogP contribution is -2.13. The highest BCUT2D eigenvalue weighted by Crippen LogP contribution is 2.29. The van der Waals surface area contributed by atoms with Gasteiger partial charge in [-0.2, -0.15) is 0 Å². The van der Waals surface area contributed by atoms with Gasteiger partial charge in [-0.25, -0.2) is 14.4 Å². The van der Waals surface area contributed by atoms with Gasteiger partial charge in [0.2, 0.25) is 0 Å². The van der Waals surface area contributed by atoms with Crippen LogP contribution < -0.4 is 11.1 Å². The Kier molecular flexibility index (Phi) is 4.18. The van der Waals surface area contributed by atoms with Crippen LogP contribution in [0.15, 0.2) is 67.0 Å². The van der Waals surface area contributed by atoms with Crippen molar-refractivity contribution in [1.29, 1.82) is 0 Å². The molecule has 0 unspecified atom stereocenters. The Bertz CT molecular complexity index is 1150. The number of carbonyl (C=O) groups excluding carboxylic acids is 1. The number of halogens is 1. The predicted octanol–water partition coefficient (Wildman–Crippen LogP) is 3.67. The summed E-state index contributed by atoms with van der Waals surface area (Å²) in [5.74, 6) is -0.354. The average Bonchev–Trinajstić information content (AvgIpc) is 2.69. The maximum atomic E-state index is 14.4. The van der Waals surface area contributed by atoms with Gasteiger partial charge < -0.3 is 11.1 Å². The van der Waals surface area contributed by atoms with Crippen LogP contribution in [0.1, 0.15) is 10.4 Å². The summed E-state index contributed by atoms with van der Waals surface area (Å²) in [6.45, 7) is 0. The molecule has 0 aliphatic carbocycles. The molecule has 0 spiro atoms. The van der Waals surface area contributed by atoms with Crippen molar-refractivity contribution in [2.75, 3.05) is 5.32 Å². The zero-order chi connectivity index (χ0) is 18.8. The zero-order valence-corrected chi connectivity index (χ0v) is 14.1. The molecule has 0 bridgehead atoms. The minimum absolute atomic E-state index is 0.172. The van der Waals surface area contributed by atoms with Gasteiger partial charge in [-0.15, -0.1) is 0 Å². The number of nitrogens with zero attached hydrogens (tertiary/aromatic N) is 3. The quantitative estimate of drug-likeness (QED) is 0.580. The lowest BCUT2D eigenvalue weighted by Gasteiger charge is -2.13. The van der Waals surface area contributed by atoms with E-state index in [1.165, 1.54) is 6.07 Å². The first-order valence-corrected chi connectivity index (χ1v) is 8.16. The van der Waals surface area contributed by atoms with Crippen molar-refractivity contribution in [2.24, 2.45) is 5.73 Å². The number of aromatic nitrogens is 3. The Morgan fingerprint density at radius 3 is 2.63 bits per heavy atom. The maximum absolute atomic E-state index is 14.4. The van der Waals surface area contributed by atoms with Crippen LogP contribution in [-0.2, 0) is 0 Å². The molecule has 7 heteroatoms. The van der Waals surface area contributed by atoms with E-state index in [1.807, 2.05) is 0 Å². The molecule has 0 saturated heterocycles. The molecule has 4 aromatic rings. The molecular weight excluding hydrogens is 345 g/mol. The van der Waals surface area contributed by atoms with Crippen LogP contribution in [0.4, 0.5) is 15.9 Å². The Hall–Kier alpha value is -3.87. The second-order valence-corrected chi connectivity index (χ2v) is 5.81. The van der Waals surface area contributed by atoms with Gasteiger partial charge in [-0.1, -0.05) is 18.2 Å². The highest BCUT2D eigenvalue weighted by Gasteiger charge is 2.15. The van der Waals surface area contributed by atoms with Crippen molar-refractivity contribution in [1.82, 2.24) is 15.0 Å². The molecule has 132 valence electrons. The van der Waals surface area contributed by atoms with Crippen LogP contribution in [-0.4, -0.2) is 20.9 Å². The smallest absolute Gasteiger partial charge is 0.250 e. The van der Waals surface area contributed by atoms with E-state index in [0.717, 1.165) is 0 Å². The first kappa shape index (κ1) is 16.6. The van der Waals surface area contributed by atoms with E-state index in [4.69, 9.17) is 5.73 Å². The Balaban J connectivity index is 1.92. The number of nitrogens with one attached hydrogen (secondary N) is 1. The number of carbonyl (C=O) groups is 1. The second-order valence-electron chi connectivity index (χ2n) is 5.81. The van der Waals surface area contributed by atoms with E-state index >= 15 is 0 Å². The van der Waals surface area contributed by atoms with Crippen LogP contribution in [0.2, 0.25) is 0 Å². The van der Waals surface area contributed by atoms with Crippen LogP contribution in [0, 0.1) is 5.82 Å². The Morgan fingerprint density at radius 2 is 1.85 bits per heavy atom. The summed E-state index contributed by atoms with van der Waals surface area (Å²) >= 11 is 0. The third-order valence-electron chi connectivity index (χ3n) is 4.04. The van der Waals surface area contributed by atoms with Crippen molar-refractivity contribution in [3.63, 3.8) is 0 Å². The molecule has 27 heavy (non-hydrogen) atoms. The van der Waals surface area contributed by atoms with Gasteiger partial charge >= 0.3 is 0 Å². The Labute approximate surface area is 153 Å². The fourth-order valence-electron chi connectivity index (χ4n) is 2.77. The number of pyridine rings is 1. The molecular formula is C20H14FN5O. The van der Waals surface area contributed by atoms with E-state index < -0.39 is 11.7 Å². The first-order valence-electron chi connectivity index (χ1n) is 8.16. The summed E-state index contributed by atoms with van der Waals surface area (Å²) in [5, 5.41) is 3.58. The van der Waals surface area contributed by atoms with Crippen LogP contribution >= 0.6 is 0 Å². The zero-order valence-electron chi connectivity index (χ0n) is 14.1. The number of hydrogen-bond donors (Lipinski definition) is 2. The van der Waals surface area contributed by atoms with Crippen LogP contribution in [0.25, 0.3) is 22.3 Å². The minimum atomic E-state index is -0.574. The van der Waals surface area contributed by atoms with Crippen molar-refractivity contribution >= 4 is 28.3 Å². The van der Waals surface area contributed by atoms with Crippen LogP contribution in [0.3, 0.4) is 0 Å². The molecule has 2 aromatic carbocycles. The number of fused-ring (bicyclic) bond motifs is 1. The Morgan fingerprint density at radius 1 is 1.00 bits per heavy atom. The molecule has 2 aromatic heterocycles. The van der Waals surface area contributed by atoms with Crippen molar-refractivity contribution in [2.45, 2.75) is 0 Å². The molecule has 0 aliphatic heterocycles. The molecule has 0 saturated carbocycles. The van der Waals surface area contributed by atoms with E-state index in [1.54, 1.807) is 60.9 Å². The summed E-state index contributed by atoms with van der Waals surface area (Å²) in [6.07, 6.45) is 3.23. The van der Waals surface area contributed by atoms with Gasteiger partial charge in [-0.05, 0) is 36.4 Å². The third-order valence-corrected chi connectivity index (χ3v) is 4.04. The number of amides is 1. The van der Waals surface area contributed by atoms with Gasteiger partial charge in [0.1, 0.15) is 17.2 Å². The number of anilines is 2. The molecule has 0 aliphatic rings. The van der Waals surface area contributed by atoms with Crippen molar-refractivity contribution < 1.29 is 9.18 Å². The normalized spacial score (nSPS) is 10.7. The van der Waals surface area contributed by atoms with Crippen LogP contribution in [0.5, 0.6) is 0 Å². The monoisotopic (exact) mass is 359 g/mol. The lowest BCUT2D eigenvalue weighted by atomic mass is 10.1. The van der Waals surface area contributed by atoms with E-state index in [2.05, 4.69) is 20.3 Å². The topological polar surface area (TPSA) is 93.8 Å². The van der Waals surface area contributed by atoms with Crippen molar-refractivity contribution in [3.05, 3.63) is 78.4 Å².